The number of hydrogen-bond acceptors (Lipinski definition) is 5. The van der Waals surface area contributed by atoms with Gasteiger partial charge in [-0.05, 0) is 12.8 Å². The zero-order chi connectivity index (χ0) is 12.4. The number of rotatable bonds is 1. The van der Waals surface area contributed by atoms with Gasteiger partial charge in [-0.2, -0.15) is 0 Å². The van der Waals surface area contributed by atoms with E-state index in [0.29, 0.717) is 13.2 Å². The molecule has 2 heterocycles. The molecule has 0 radical (unpaired) electrons. The van der Waals surface area contributed by atoms with Crippen molar-refractivity contribution in [3.05, 3.63) is 0 Å². The monoisotopic (exact) mass is 257 g/mol. The van der Waals surface area contributed by atoms with Gasteiger partial charge < -0.3 is 19.3 Å². The van der Waals surface area contributed by atoms with Crippen molar-refractivity contribution in [2.45, 2.75) is 43.6 Å². The molecule has 0 aromatic heterocycles. The van der Waals surface area contributed by atoms with E-state index >= 15 is 0 Å². The topological polar surface area (TPSA) is 51.2 Å². The molecule has 5 nitrogen and oxygen atoms in total. The zero-order valence-electron chi connectivity index (χ0n) is 10.8. The lowest BCUT2D eigenvalue weighted by atomic mass is 9.86. The number of aliphatic hydroxyl groups excluding tert-OH is 1. The van der Waals surface area contributed by atoms with Crippen molar-refractivity contribution < 1.29 is 19.3 Å². The second kappa shape index (κ2) is 5.43. The van der Waals surface area contributed by atoms with Crippen LogP contribution in [0.15, 0.2) is 0 Å². The van der Waals surface area contributed by atoms with Crippen LogP contribution < -0.4 is 0 Å². The van der Waals surface area contributed by atoms with Gasteiger partial charge in [0, 0.05) is 38.6 Å². The normalized spacial score (nSPS) is 37.8. The third-order valence-electron chi connectivity index (χ3n) is 4.32. The van der Waals surface area contributed by atoms with Crippen LogP contribution >= 0.6 is 0 Å². The zero-order valence-corrected chi connectivity index (χ0v) is 10.8. The van der Waals surface area contributed by atoms with Crippen molar-refractivity contribution in [2.24, 2.45) is 0 Å². The SMILES string of the molecule is OC1CCC2(CC1N1CCCOCC1)OCCO2. The van der Waals surface area contributed by atoms with Crippen LogP contribution in [0.1, 0.15) is 25.7 Å². The van der Waals surface area contributed by atoms with E-state index in [-0.39, 0.29) is 12.1 Å². The number of nitrogens with zero attached hydrogens (tertiary/aromatic N) is 1. The maximum Gasteiger partial charge on any atom is 0.170 e. The predicted molar refractivity (Wildman–Crippen MR) is 65.3 cm³/mol. The summed E-state index contributed by atoms with van der Waals surface area (Å²) >= 11 is 0. The van der Waals surface area contributed by atoms with Crippen molar-refractivity contribution >= 4 is 0 Å². The van der Waals surface area contributed by atoms with Crippen LogP contribution in [0, 0.1) is 0 Å². The summed E-state index contributed by atoms with van der Waals surface area (Å²) in [5.74, 6) is -0.420. The fraction of sp³-hybridized carbons (Fsp3) is 1.00. The first-order valence-electron chi connectivity index (χ1n) is 7.07. The summed E-state index contributed by atoms with van der Waals surface area (Å²) < 4.78 is 17.1. The van der Waals surface area contributed by atoms with Crippen molar-refractivity contribution in [3.8, 4) is 0 Å². The molecule has 2 unspecified atom stereocenters. The largest absolute Gasteiger partial charge is 0.391 e. The molecule has 2 aliphatic heterocycles. The Morgan fingerprint density at radius 1 is 1.06 bits per heavy atom. The van der Waals surface area contributed by atoms with Gasteiger partial charge in [-0.25, -0.2) is 0 Å². The molecule has 3 aliphatic rings. The Morgan fingerprint density at radius 3 is 2.72 bits per heavy atom. The Kier molecular flexibility index (Phi) is 3.86. The fourth-order valence-electron chi connectivity index (χ4n) is 3.35. The lowest BCUT2D eigenvalue weighted by Crippen LogP contribution is -2.53. The Labute approximate surface area is 108 Å². The van der Waals surface area contributed by atoms with Crippen LogP contribution in [0.5, 0.6) is 0 Å². The van der Waals surface area contributed by atoms with Gasteiger partial charge in [0.15, 0.2) is 5.79 Å². The fourth-order valence-corrected chi connectivity index (χ4v) is 3.35. The van der Waals surface area contributed by atoms with Crippen LogP contribution in [-0.4, -0.2) is 67.5 Å². The molecule has 0 aromatic carbocycles. The molecule has 0 aromatic rings. The molecular formula is C13H23NO4. The second-order valence-corrected chi connectivity index (χ2v) is 5.49. The summed E-state index contributed by atoms with van der Waals surface area (Å²) in [5, 5.41) is 10.3. The first-order valence-corrected chi connectivity index (χ1v) is 7.07. The van der Waals surface area contributed by atoms with Gasteiger partial charge in [-0.3, -0.25) is 4.90 Å². The van der Waals surface area contributed by atoms with E-state index in [1.807, 2.05) is 0 Å². The Balaban J connectivity index is 1.68. The molecule has 3 rings (SSSR count). The summed E-state index contributed by atoms with van der Waals surface area (Å²) in [4.78, 5) is 2.35. The first-order chi connectivity index (χ1) is 8.79. The molecule has 3 fully saturated rings. The third-order valence-corrected chi connectivity index (χ3v) is 4.32. The van der Waals surface area contributed by atoms with Crippen molar-refractivity contribution in [2.75, 3.05) is 39.5 Å². The molecule has 1 aliphatic carbocycles. The van der Waals surface area contributed by atoms with Crippen LogP contribution in [-0.2, 0) is 14.2 Å². The van der Waals surface area contributed by atoms with Crippen LogP contribution in [0.4, 0.5) is 0 Å². The van der Waals surface area contributed by atoms with E-state index in [2.05, 4.69) is 4.90 Å². The Morgan fingerprint density at radius 2 is 1.89 bits per heavy atom. The lowest BCUT2D eigenvalue weighted by molar-refractivity contribution is -0.205. The van der Waals surface area contributed by atoms with Gasteiger partial charge in [0.05, 0.1) is 25.9 Å². The summed E-state index contributed by atoms with van der Waals surface area (Å²) in [5.41, 5.74) is 0. The van der Waals surface area contributed by atoms with E-state index in [9.17, 15) is 5.11 Å². The molecule has 0 amide bonds. The quantitative estimate of drug-likeness (QED) is 0.735. The van der Waals surface area contributed by atoms with Crippen molar-refractivity contribution in [1.29, 1.82) is 0 Å². The van der Waals surface area contributed by atoms with Gasteiger partial charge in [-0.1, -0.05) is 0 Å². The van der Waals surface area contributed by atoms with E-state index in [4.69, 9.17) is 14.2 Å². The standard InChI is InChI=1S/C13H23NO4/c15-12-2-3-13(17-8-9-18-13)10-11(12)14-4-1-6-16-7-5-14/h11-12,15H,1-10H2. The van der Waals surface area contributed by atoms with E-state index in [0.717, 1.165) is 52.0 Å². The maximum absolute atomic E-state index is 10.3. The van der Waals surface area contributed by atoms with E-state index in [1.165, 1.54) is 0 Å². The minimum Gasteiger partial charge on any atom is -0.391 e. The molecule has 1 saturated carbocycles. The molecule has 0 bridgehead atoms. The highest BCUT2D eigenvalue weighted by Crippen LogP contribution is 2.38. The number of aliphatic hydroxyl groups is 1. The van der Waals surface area contributed by atoms with Crippen LogP contribution in [0.3, 0.4) is 0 Å². The van der Waals surface area contributed by atoms with E-state index in [1.54, 1.807) is 0 Å². The minimum atomic E-state index is -0.420. The lowest BCUT2D eigenvalue weighted by Gasteiger charge is -2.43. The first kappa shape index (κ1) is 12.8. The molecule has 5 heteroatoms. The second-order valence-electron chi connectivity index (χ2n) is 5.49. The highest BCUT2D eigenvalue weighted by Gasteiger charge is 2.46. The molecule has 1 N–H and O–H groups in total. The summed E-state index contributed by atoms with van der Waals surface area (Å²) in [6.45, 7) is 4.86. The minimum absolute atomic E-state index is 0.151. The summed E-state index contributed by atoms with van der Waals surface area (Å²) in [6, 6.07) is 0.151. The van der Waals surface area contributed by atoms with Crippen molar-refractivity contribution in [3.63, 3.8) is 0 Å². The molecular weight excluding hydrogens is 234 g/mol. The summed E-state index contributed by atoms with van der Waals surface area (Å²) in [7, 11) is 0. The highest BCUT2D eigenvalue weighted by molar-refractivity contribution is 4.93. The van der Waals surface area contributed by atoms with Gasteiger partial charge in [0.2, 0.25) is 0 Å². The number of ether oxygens (including phenoxy) is 3. The van der Waals surface area contributed by atoms with E-state index < -0.39 is 5.79 Å². The average Bonchev–Trinajstić information content (AvgIpc) is 2.66. The average molecular weight is 257 g/mol. The van der Waals surface area contributed by atoms with Crippen LogP contribution in [0.2, 0.25) is 0 Å². The Hall–Kier alpha value is -0.200. The molecule has 1 spiro atoms. The summed E-state index contributed by atoms with van der Waals surface area (Å²) in [6.07, 6.45) is 3.14. The highest BCUT2D eigenvalue weighted by atomic mass is 16.7. The Bertz CT molecular complexity index is 272. The van der Waals surface area contributed by atoms with Crippen LogP contribution in [0.25, 0.3) is 0 Å². The maximum atomic E-state index is 10.3. The molecule has 2 saturated heterocycles. The molecule has 2 atom stereocenters. The van der Waals surface area contributed by atoms with Gasteiger partial charge >= 0.3 is 0 Å². The third kappa shape index (κ3) is 2.56. The smallest absolute Gasteiger partial charge is 0.170 e. The number of hydrogen-bond donors (Lipinski definition) is 1. The van der Waals surface area contributed by atoms with Gasteiger partial charge in [0.1, 0.15) is 0 Å². The molecule has 18 heavy (non-hydrogen) atoms. The van der Waals surface area contributed by atoms with Gasteiger partial charge in [-0.15, -0.1) is 0 Å². The van der Waals surface area contributed by atoms with Crippen molar-refractivity contribution in [1.82, 2.24) is 4.90 Å². The van der Waals surface area contributed by atoms with Gasteiger partial charge in [0.25, 0.3) is 0 Å². The predicted octanol–water partition coefficient (Wildman–Crippen LogP) is 0.365. The molecule has 104 valence electrons.